The summed E-state index contributed by atoms with van der Waals surface area (Å²) in [7, 11) is 0. The highest BCUT2D eigenvalue weighted by Crippen LogP contribution is 2.27. The summed E-state index contributed by atoms with van der Waals surface area (Å²) >= 11 is 0. The van der Waals surface area contributed by atoms with Gasteiger partial charge in [-0.3, -0.25) is 0 Å². The van der Waals surface area contributed by atoms with E-state index in [9.17, 15) is 8.78 Å². The maximum Gasteiger partial charge on any atom is 0.200 e. The highest BCUT2D eigenvalue weighted by Gasteiger charge is 2.28. The number of ether oxygens (including phenoxy) is 1. The quantitative estimate of drug-likeness (QED) is 0.788. The van der Waals surface area contributed by atoms with Gasteiger partial charge in [-0.25, -0.2) is 4.39 Å². The molecule has 0 amide bonds. The van der Waals surface area contributed by atoms with Gasteiger partial charge < -0.3 is 10.5 Å². The van der Waals surface area contributed by atoms with E-state index in [1.165, 1.54) is 12.1 Å². The first-order valence-electron chi connectivity index (χ1n) is 4.53. The van der Waals surface area contributed by atoms with Crippen molar-refractivity contribution in [3.05, 3.63) is 29.8 Å². The van der Waals surface area contributed by atoms with Crippen LogP contribution >= 0.6 is 0 Å². The van der Waals surface area contributed by atoms with Crippen LogP contribution in [0.25, 0.3) is 0 Å². The van der Waals surface area contributed by atoms with Crippen molar-refractivity contribution in [1.82, 2.24) is 0 Å². The molecule has 0 saturated heterocycles. The molecule has 4 heteroatoms. The maximum atomic E-state index is 13.1. The minimum absolute atomic E-state index is 0.0260. The van der Waals surface area contributed by atoms with Crippen molar-refractivity contribution in [2.45, 2.75) is 25.0 Å². The zero-order valence-electron chi connectivity index (χ0n) is 7.54. The van der Waals surface area contributed by atoms with Crippen LogP contribution in [0.4, 0.5) is 8.78 Å². The number of hydrogen-bond acceptors (Lipinski definition) is 2. The van der Waals surface area contributed by atoms with E-state index in [0.717, 1.165) is 6.07 Å². The van der Waals surface area contributed by atoms with Gasteiger partial charge in [-0.2, -0.15) is 4.39 Å². The lowest BCUT2D eigenvalue weighted by atomic mass is 9.90. The van der Waals surface area contributed by atoms with Crippen LogP contribution in [0.15, 0.2) is 18.2 Å². The lowest BCUT2D eigenvalue weighted by Crippen LogP contribution is -2.43. The molecule has 0 aromatic heterocycles. The molecule has 1 fully saturated rings. The van der Waals surface area contributed by atoms with Gasteiger partial charge in [0.2, 0.25) is 5.82 Å². The molecule has 0 heterocycles. The van der Waals surface area contributed by atoms with E-state index in [2.05, 4.69) is 0 Å². The van der Waals surface area contributed by atoms with Crippen LogP contribution in [0.2, 0.25) is 0 Å². The molecule has 0 spiro atoms. The molecular formula is C10H11F2NO. The van der Waals surface area contributed by atoms with Crippen LogP contribution in [0.1, 0.15) is 12.8 Å². The fourth-order valence-electron chi connectivity index (χ4n) is 1.46. The second kappa shape index (κ2) is 3.53. The Labute approximate surface area is 80.7 Å². The molecule has 1 saturated carbocycles. The fourth-order valence-corrected chi connectivity index (χ4v) is 1.46. The minimum Gasteiger partial charge on any atom is -0.487 e. The first kappa shape index (κ1) is 9.40. The predicted octanol–water partition coefficient (Wildman–Crippen LogP) is 1.83. The summed E-state index contributed by atoms with van der Waals surface area (Å²) in [6, 6.07) is 4.04. The first-order valence-corrected chi connectivity index (χ1v) is 4.53. The van der Waals surface area contributed by atoms with Gasteiger partial charge >= 0.3 is 0 Å². The van der Waals surface area contributed by atoms with E-state index in [1.807, 2.05) is 0 Å². The van der Waals surface area contributed by atoms with Crippen LogP contribution < -0.4 is 10.5 Å². The smallest absolute Gasteiger partial charge is 0.200 e. The second-order valence-electron chi connectivity index (χ2n) is 3.52. The largest absolute Gasteiger partial charge is 0.487 e. The second-order valence-corrected chi connectivity index (χ2v) is 3.52. The average molecular weight is 199 g/mol. The standard InChI is InChI=1S/C10H11F2NO/c11-8-2-1-3-9(10(8)12)14-7-4-6(13)5-7/h1-3,6-7H,4-5,13H2. The molecule has 1 aliphatic rings. The maximum absolute atomic E-state index is 13.1. The van der Waals surface area contributed by atoms with Crippen LogP contribution in [0, 0.1) is 11.6 Å². The summed E-state index contributed by atoms with van der Waals surface area (Å²) in [5.74, 6) is -1.83. The van der Waals surface area contributed by atoms with Crippen molar-refractivity contribution in [2.24, 2.45) is 5.73 Å². The highest BCUT2D eigenvalue weighted by molar-refractivity contribution is 5.25. The number of hydrogen-bond donors (Lipinski definition) is 1. The monoisotopic (exact) mass is 199 g/mol. The number of rotatable bonds is 2. The Kier molecular flexibility index (Phi) is 2.37. The van der Waals surface area contributed by atoms with Crippen LogP contribution in [0.3, 0.4) is 0 Å². The molecule has 14 heavy (non-hydrogen) atoms. The van der Waals surface area contributed by atoms with Gasteiger partial charge in [0, 0.05) is 6.04 Å². The minimum atomic E-state index is -0.923. The molecular weight excluding hydrogens is 188 g/mol. The third-order valence-electron chi connectivity index (χ3n) is 2.34. The molecule has 0 unspecified atom stereocenters. The summed E-state index contributed by atoms with van der Waals surface area (Å²) in [6.45, 7) is 0. The Balaban J connectivity index is 2.06. The lowest BCUT2D eigenvalue weighted by molar-refractivity contribution is 0.0953. The SMILES string of the molecule is NC1CC(Oc2cccc(F)c2F)C1. The number of halogens is 2. The zero-order valence-corrected chi connectivity index (χ0v) is 7.54. The van der Waals surface area contributed by atoms with Crippen LogP contribution in [0.5, 0.6) is 5.75 Å². The van der Waals surface area contributed by atoms with Crippen molar-refractivity contribution in [3.8, 4) is 5.75 Å². The van der Waals surface area contributed by atoms with Crippen molar-refractivity contribution in [1.29, 1.82) is 0 Å². The Bertz CT molecular complexity index is 337. The van der Waals surface area contributed by atoms with Crippen molar-refractivity contribution >= 4 is 0 Å². The third kappa shape index (κ3) is 1.70. The Morgan fingerprint density at radius 2 is 2.00 bits per heavy atom. The van der Waals surface area contributed by atoms with E-state index in [4.69, 9.17) is 10.5 Å². The van der Waals surface area contributed by atoms with E-state index in [-0.39, 0.29) is 17.9 Å². The molecule has 0 atom stereocenters. The van der Waals surface area contributed by atoms with Gasteiger partial charge in [0.25, 0.3) is 0 Å². The molecule has 76 valence electrons. The Morgan fingerprint density at radius 1 is 1.29 bits per heavy atom. The van der Waals surface area contributed by atoms with E-state index < -0.39 is 11.6 Å². The van der Waals surface area contributed by atoms with E-state index >= 15 is 0 Å². The normalized spacial score (nSPS) is 25.6. The van der Waals surface area contributed by atoms with Crippen molar-refractivity contribution < 1.29 is 13.5 Å². The summed E-state index contributed by atoms with van der Waals surface area (Å²) in [5.41, 5.74) is 5.54. The Morgan fingerprint density at radius 3 is 2.64 bits per heavy atom. The van der Waals surface area contributed by atoms with Gasteiger partial charge in [0.1, 0.15) is 6.10 Å². The van der Waals surface area contributed by atoms with Crippen LogP contribution in [-0.4, -0.2) is 12.1 Å². The first-order chi connectivity index (χ1) is 6.66. The summed E-state index contributed by atoms with van der Waals surface area (Å²) in [5, 5.41) is 0. The lowest BCUT2D eigenvalue weighted by Gasteiger charge is -2.32. The molecule has 1 aliphatic carbocycles. The highest BCUT2D eigenvalue weighted by atomic mass is 19.2. The van der Waals surface area contributed by atoms with Gasteiger partial charge in [-0.15, -0.1) is 0 Å². The molecule has 0 radical (unpaired) electrons. The third-order valence-corrected chi connectivity index (χ3v) is 2.34. The molecule has 1 aromatic rings. The van der Waals surface area contributed by atoms with Gasteiger partial charge in [0.15, 0.2) is 11.6 Å². The molecule has 2 N–H and O–H groups in total. The number of nitrogens with two attached hydrogens (primary N) is 1. The molecule has 0 bridgehead atoms. The van der Waals surface area contributed by atoms with E-state index in [0.29, 0.717) is 12.8 Å². The molecule has 2 nitrogen and oxygen atoms in total. The fraction of sp³-hybridized carbons (Fsp3) is 0.400. The molecule has 0 aliphatic heterocycles. The zero-order chi connectivity index (χ0) is 10.1. The van der Waals surface area contributed by atoms with Crippen LogP contribution in [-0.2, 0) is 0 Å². The van der Waals surface area contributed by atoms with Gasteiger partial charge in [-0.05, 0) is 25.0 Å². The summed E-state index contributed by atoms with van der Waals surface area (Å²) < 4.78 is 31.1. The average Bonchev–Trinajstić information content (AvgIpc) is 2.10. The summed E-state index contributed by atoms with van der Waals surface area (Å²) in [4.78, 5) is 0. The topological polar surface area (TPSA) is 35.2 Å². The van der Waals surface area contributed by atoms with Crippen molar-refractivity contribution in [2.75, 3.05) is 0 Å². The molecule has 1 aromatic carbocycles. The van der Waals surface area contributed by atoms with Crippen molar-refractivity contribution in [3.63, 3.8) is 0 Å². The van der Waals surface area contributed by atoms with Gasteiger partial charge in [-0.1, -0.05) is 6.07 Å². The van der Waals surface area contributed by atoms with Gasteiger partial charge in [0.05, 0.1) is 0 Å². The molecule has 2 rings (SSSR count). The van der Waals surface area contributed by atoms with E-state index in [1.54, 1.807) is 0 Å². The number of benzene rings is 1. The predicted molar refractivity (Wildman–Crippen MR) is 48.0 cm³/mol. The summed E-state index contributed by atoms with van der Waals surface area (Å²) in [6.07, 6.45) is 1.34. The Hall–Kier alpha value is -1.16.